The SMILES string of the molecule is CC1(C)C(O)CC1NCC(O)COc1c(Cl)cccc1Cl. The van der Waals surface area contributed by atoms with E-state index in [1.165, 1.54) is 0 Å². The number of benzene rings is 1. The first-order valence-electron chi connectivity index (χ1n) is 6.98. The Hall–Kier alpha value is -0.520. The van der Waals surface area contributed by atoms with Crippen LogP contribution in [-0.4, -0.2) is 41.6 Å². The molecule has 4 nitrogen and oxygen atoms in total. The number of para-hydroxylation sites is 1. The standard InChI is InChI=1S/C15H21Cl2NO3/c1-15(2)12(6-13(15)20)18-7-9(19)8-21-14-10(16)4-3-5-11(14)17/h3-5,9,12-13,18-20H,6-8H2,1-2H3. The third-order valence-electron chi connectivity index (χ3n) is 4.15. The molecule has 1 aromatic rings. The van der Waals surface area contributed by atoms with Gasteiger partial charge in [0.15, 0.2) is 5.75 Å². The van der Waals surface area contributed by atoms with Crippen LogP contribution in [-0.2, 0) is 0 Å². The number of nitrogens with one attached hydrogen (secondary N) is 1. The Kier molecular flexibility index (Phi) is 5.38. The number of rotatable bonds is 6. The number of aliphatic hydroxyl groups is 2. The van der Waals surface area contributed by atoms with Crippen LogP contribution >= 0.6 is 23.2 Å². The summed E-state index contributed by atoms with van der Waals surface area (Å²) in [5.74, 6) is 0.388. The first kappa shape index (κ1) is 16.8. The Balaban J connectivity index is 1.77. The van der Waals surface area contributed by atoms with Gasteiger partial charge in [-0.15, -0.1) is 0 Å². The molecule has 0 amide bonds. The minimum absolute atomic E-state index is 0.103. The van der Waals surface area contributed by atoms with Crippen LogP contribution in [0.5, 0.6) is 5.75 Å². The lowest BCUT2D eigenvalue weighted by Gasteiger charge is -2.49. The lowest BCUT2D eigenvalue weighted by molar-refractivity contribution is -0.0755. The molecule has 0 bridgehead atoms. The molecule has 0 heterocycles. The second kappa shape index (κ2) is 6.71. The Morgan fingerprint density at radius 1 is 1.38 bits per heavy atom. The van der Waals surface area contributed by atoms with E-state index in [2.05, 4.69) is 5.32 Å². The van der Waals surface area contributed by atoms with Gasteiger partial charge in [0.2, 0.25) is 0 Å². The maximum absolute atomic E-state index is 9.96. The van der Waals surface area contributed by atoms with E-state index in [0.29, 0.717) is 28.8 Å². The molecule has 0 spiro atoms. The van der Waals surface area contributed by atoms with Crippen molar-refractivity contribution in [1.29, 1.82) is 0 Å². The Morgan fingerprint density at radius 3 is 2.52 bits per heavy atom. The predicted molar refractivity (Wildman–Crippen MR) is 84.2 cm³/mol. The van der Waals surface area contributed by atoms with Crippen LogP contribution in [0.3, 0.4) is 0 Å². The molecule has 1 saturated carbocycles. The van der Waals surface area contributed by atoms with Crippen molar-refractivity contribution in [3.8, 4) is 5.75 Å². The van der Waals surface area contributed by atoms with Crippen LogP contribution in [0.15, 0.2) is 18.2 Å². The maximum atomic E-state index is 9.96. The predicted octanol–water partition coefficient (Wildman–Crippen LogP) is 2.48. The van der Waals surface area contributed by atoms with Crippen molar-refractivity contribution in [1.82, 2.24) is 5.32 Å². The summed E-state index contributed by atoms with van der Waals surface area (Å²) >= 11 is 12.0. The van der Waals surface area contributed by atoms with Gasteiger partial charge in [-0.1, -0.05) is 43.1 Å². The molecule has 21 heavy (non-hydrogen) atoms. The van der Waals surface area contributed by atoms with E-state index in [1.54, 1.807) is 18.2 Å². The van der Waals surface area contributed by atoms with Gasteiger partial charge in [-0.3, -0.25) is 0 Å². The van der Waals surface area contributed by atoms with Gasteiger partial charge in [-0.2, -0.15) is 0 Å². The molecule has 0 saturated heterocycles. The molecule has 118 valence electrons. The summed E-state index contributed by atoms with van der Waals surface area (Å²) in [6.45, 7) is 4.51. The molecular weight excluding hydrogens is 313 g/mol. The van der Waals surface area contributed by atoms with Gasteiger partial charge < -0.3 is 20.3 Å². The third kappa shape index (κ3) is 3.82. The highest BCUT2D eigenvalue weighted by Gasteiger charge is 2.46. The summed E-state index contributed by atoms with van der Waals surface area (Å²) in [6.07, 6.45) is -0.257. The monoisotopic (exact) mass is 333 g/mol. The maximum Gasteiger partial charge on any atom is 0.156 e. The highest BCUT2D eigenvalue weighted by molar-refractivity contribution is 6.37. The van der Waals surface area contributed by atoms with Crippen molar-refractivity contribution >= 4 is 23.2 Å². The number of halogens is 2. The van der Waals surface area contributed by atoms with Gasteiger partial charge >= 0.3 is 0 Å². The zero-order chi connectivity index (χ0) is 15.6. The van der Waals surface area contributed by atoms with Crippen molar-refractivity contribution in [2.45, 2.75) is 38.5 Å². The Morgan fingerprint density at radius 2 is 2.00 bits per heavy atom. The minimum atomic E-state index is -0.675. The lowest BCUT2D eigenvalue weighted by atomic mass is 9.64. The smallest absolute Gasteiger partial charge is 0.156 e. The average Bonchev–Trinajstić information content (AvgIpc) is 2.42. The van der Waals surface area contributed by atoms with Crippen LogP contribution in [0.25, 0.3) is 0 Å². The summed E-state index contributed by atoms with van der Waals surface area (Å²) < 4.78 is 5.48. The van der Waals surface area contributed by atoms with Gasteiger partial charge in [0.1, 0.15) is 12.7 Å². The van der Waals surface area contributed by atoms with Crippen LogP contribution in [0.1, 0.15) is 20.3 Å². The van der Waals surface area contributed by atoms with Gasteiger partial charge in [0.25, 0.3) is 0 Å². The van der Waals surface area contributed by atoms with E-state index in [9.17, 15) is 10.2 Å². The Bertz CT molecular complexity index is 476. The summed E-state index contributed by atoms with van der Waals surface area (Å²) in [4.78, 5) is 0. The van der Waals surface area contributed by atoms with Crippen molar-refractivity contribution in [2.75, 3.05) is 13.2 Å². The van der Waals surface area contributed by atoms with Gasteiger partial charge in [-0.05, 0) is 18.6 Å². The molecule has 0 radical (unpaired) electrons. The summed E-state index contributed by atoms with van der Waals surface area (Å²) in [5.41, 5.74) is -0.160. The van der Waals surface area contributed by atoms with Crippen molar-refractivity contribution in [3.05, 3.63) is 28.2 Å². The van der Waals surface area contributed by atoms with Crippen molar-refractivity contribution in [3.63, 3.8) is 0 Å². The zero-order valence-electron chi connectivity index (χ0n) is 12.1. The highest BCUT2D eigenvalue weighted by Crippen LogP contribution is 2.40. The molecule has 1 fully saturated rings. The minimum Gasteiger partial charge on any atom is -0.488 e. The Labute approximate surface area is 135 Å². The molecule has 1 aliphatic rings. The van der Waals surface area contributed by atoms with Gasteiger partial charge in [0.05, 0.1) is 16.1 Å². The molecule has 1 aliphatic carbocycles. The van der Waals surface area contributed by atoms with Gasteiger partial charge in [-0.25, -0.2) is 0 Å². The van der Waals surface area contributed by atoms with E-state index in [1.807, 2.05) is 13.8 Å². The summed E-state index contributed by atoms with van der Waals surface area (Å²) in [6, 6.07) is 5.31. The molecule has 3 N–H and O–H groups in total. The highest BCUT2D eigenvalue weighted by atomic mass is 35.5. The van der Waals surface area contributed by atoms with Crippen molar-refractivity contribution in [2.24, 2.45) is 5.41 Å². The third-order valence-corrected chi connectivity index (χ3v) is 4.75. The molecule has 6 heteroatoms. The van der Waals surface area contributed by atoms with Gasteiger partial charge in [0, 0.05) is 18.0 Å². The van der Waals surface area contributed by atoms with E-state index in [-0.39, 0.29) is 24.2 Å². The quantitative estimate of drug-likeness (QED) is 0.748. The number of hydrogen-bond acceptors (Lipinski definition) is 4. The lowest BCUT2D eigenvalue weighted by Crippen LogP contribution is -2.61. The normalized spacial score (nSPS) is 25.2. The molecule has 2 rings (SSSR count). The zero-order valence-corrected chi connectivity index (χ0v) is 13.7. The molecule has 0 aromatic heterocycles. The average molecular weight is 334 g/mol. The summed E-state index contributed by atoms with van der Waals surface area (Å²) in [7, 11) is 0. The number of ether oxygens (including phenoxy) is 1. The van der Waals surface area contributed by atoms with E-state index >= 15 is 0 Å². The fraction of sp³-hybridized carbons (Fsp3) is 0.600. The van der Waals surface area contributed by atoms with E-state index in [4.69, 9.17) is 27.9 Å². The summed E-state index contributed by atoms with van der Waals surface area (Å²) in [5, 5.41) is 23.7. The molecular formula is C15H21Cl2NO3. The van der Waals surface area contributed by atoms with Crippen LogP contribution in [0, 0.1) is 5.41 Å². The largest absolute Gasteiger partial charge is 0.488 e. The molecule has 3 atom stereocenters. The number of aliphatic hydroxyl groups excluding tert-OH is 2. The second-order valence-corrected chi connectivity index (χ2v) is 6.86. The van der Waals surface area contributed by atoms with Crippen LogP contribution < -0.4 is 10.1 Å². The van der Waals surface area contributed by atoms with Crippen LogP contribution in [0.4, 0.5) is 0 Å². The van der Waals surface area contributed by atoms with Crippen LogP contribution in [0.2, 0.25) is 10.0 Å². The molecule has 0 aliphatic heterocycles. The fourth-order valence-electron chi connectivity index (χ4n) is 2.39. The first-order valence-corrected chi connectivity index (χ1v) is 7.74. The first-order chi connectivity index (χ1) is 9.82. The topological polar surface area (TPSA) is 61.7 Å². The van der Waals surface area contributed by atoms with E-state index in [0.717, 1.165) is 0 Å². The van der Waals surface area contributed by atoms with E-state index < -0.39 is 6.10 Å². The molecule has 3 unspecified atom stereocenters. The van der Waals surface area contributed by atoms with Crippen molar-refractivity contribution < 1.29 is 14.9 Å². The number of hydrogen-bond donors (Lipinski definition) is 3. The molecule has 1 aromatic carbocycles. The second-order valence-electron chi connectivity index (χ2n) is 6.05. The fourth-order valence-corrected chi connectivity index (χ4v) is 2.89.